The van der Waals surface area contributed by atoms with Crippen LogP contribution in [0.15, 0.2) is 24.3 Å². The molecule has 1 aliphatic rings. The minimum Gasteiger partial charge on any atom is -0.399 e. The predicted molar refractivity (Wildman–Crippen MR) is 82.6 cm³/mol. The molecule has 3 N–H and O–H groups in total. The Labute approximate surface area is 120 Å². The zero-order valence-electron chi connectivity index (χ0n) is 12.5. The standard InChI is InChI=1S/C15H24N4O/c1-11-10-18(3)7-8-19(11)12(2)15(20)17-14-6-4-5-13(16)9-14/h4-6,9,11-12H,7-8,10,16H2,1-3H3,(H,17,20). The number of carbonyl (C=O) groups excluding carboxylic acids is 1. The smallest absolute Gasteiger partial charge is 0.241 e. The van der Waals surface area contributed by atoms with Gasteiger partial charge in [-0.3, -0.25) is 9.69 Å². The molecule has 0 aliphatic carbocycles. The number of nitrogens with zero attached hydrogens (tertiary/aromatic N) is 2. The fourth-order valence-electron chi connectivity index (χ4n) is 2.74. The largest absolute Gasteiger partial charge is 0.399 e. The van der Waals surface area contributed by atoms with E-state index in [1.54, 1.807) is 6.07 Å². The number of carbonyl (C=O) groups is 1. The summed E-state index contributed by atoms with van der Waals surface area (Å²) in [5.41, 5.74) is 7.13. The van der Waals surface area contributed by atoms with Gasteiger partial charge < -0.3 is 16.0 Å². The van der Waals surface area contributed by atoms with Gasteiger partial charge >= 0.3 is 0 Å². The Morgan fingerprint density at radius 1 is 1.45 bits per heavy atom. The van der Waals surface area contributed by atoms with Crippen LogP contribution in [0, 0.1) is 0 Å². The van der Waals surface area contributed by atoms with Crippen LogP contribution in [0.2, 0.25) is 0 Å². The summed E-state index contributed by atoms with van der Waals surface area (Å²) in [4.78, 5) is 16.9. The van der Waals surface area contributed by atoms with E-state index in [-0.39, 0.29) is 11.9 Å². The first-order valence-electron chi connectivity index (χ1n) is 7.08. The Balaban J connectivity index is 1.98. The van der Waals surface area contributed by atoms with Gasteiger partial charge in [-0.15, -0.1) is 0 Å². The number of nitrogen functional groups attached to an aromatic ring is 1. The van der Waals surface area contributed by atoms with Crippen molar-refractivity contribution in [1.82, 2.24) is 9.80 Å². The van der Waals surface area contributed by atoms with Gasteiger partial charge in [0.1, 0.15) is 0 Å². The van der Waals surface area contributed by atoms with Gasteiger partial charge in [-0.1, -0.05) is 6.07 Å². The number of anilines is 2. The third-order valence-electron chi connectivity index (χ3n) is 3.91. The van der Waals surface area contributed by atoms with Crippen molar-refractivity contribution in [2.24, 2.45) is 0 Å². The minimum atomic E-state index is -0.139. The van der Waals surface area contributed by atoms with E-state index < -0.39 is 0 Å². The lowest BCUT2D eigenvalue weighted by Gasteiger charge is -2.41. The summed E-state index contributed by atoms with van der Waals surface area (Å²) < 4.78 is 0. The van der Waals surface area contributed by atoms with Crippen molar-refractivity contribution >= 4 is 17.3 Å². The molecule has 110 valence electrons. The minimum absolute atomic E-state index is 0.0204. The lowest BCUT2D eigenvalue weighted by molar-refractivity contribution is -0.122. The molecule has 1 aliphatic heterocycles. The molecular weight excluding hydrogens is 252 g/mol. The average molecular weight is 276 g/mol. The summed E-state index contributed by atoms with van der Waals surface area (Å²) in [7, 11) is 2.12. The zero-order valence-corrected chi connectivity index (χ0v) is 12.5. The molecule has 1 fully saturated rings. The maximum Gasteiger partial charge on any atom is 0.241 e. The van der Waals surface area contributed by atoms with Crippen LogP contribution in [-0.4, -0.2) is 54.5 Å². The number of hydrogen-bond donors (Lipinski definition) is 2. The van der Waals surface area contributed by atoms with Gasteiger partial charge in [0.05, 0.1) is 6.04 Å². The van der Waals surface area contributed by atoms with Gasteiger partial charge in [-0.2, -0.15) is 0 Å². The first-order chi connectivity index (χ1) is 9.47. The molecule has 5 heteroatoms. The highest BCUT2D eigenvalue weighted by Crippen LogP contribution is 2.16. The first-order valence-corrected chi connectivity index (χ1v) is 7.08. The summed E-state index contributed by atoms with van der Waals surface area (Å²) in [6.07, 6.45) is 0. The Morgan fingerprint density at radius 2 is 2.20 bits per heavy atom. The molecule has 1 amide bonds. The summed E-state index contributed by atoms with van der Waals surface area (Å²) >= 11 is 0. The lowest BCUT2D eigenvalue weighted by atomic mass is 10.1. The number of likely N-dealkylation sites (N-methyl/N-ethyl adjacent to an activating group) is 1. The molecule has 0 bridgehead atoms. The fourth-order valence-corrected chi connectivity index (χ4v) is 2.74. The highest BCUT2D eigenvalue weighted by molar-refractivity contribution is 5.94. The summed E-state index contributed by atoms with van der Waals surface area (Å²) in [5, 5.41) is 2.94. The van der Waals surface area contributed by atoms with Crippen LogP contribution in [0.25, 0.3) is 0 Å². The van der Waals surface area contributed by atoms with Crippen molar-refractivity contribution in [3.8, 4) is 0 Å². The normalized spacial score (nSPS) is 22.4. The van der Waals surface area contributed by atoms with Crippen LogP contribution in [0.4, 0.5) is 11.4 Å². The van der Waals surface area contributed by atoms with Gasteiger partial charge in [-0.05, 0) is 39.1 Å². The summed E-state index contributed by atoms with van der Waals surface area (Å²) in [5.74, 6) is 0.0204. The molecule has 2 unspecified atom stereocenters. The Hall–Kier alpha value is -1.59. The monoisotopic (exact) mass is 276 g/mol. The van der Waals surface area contributed by atoms with Crippen molar-refractivity contribution in [2.75, 3.05) is 37.7 Å². The van der Waals surface area contributed by atoms with Gasteiger partial charge in [0.2, 0.25) is 5.91 Å². The fraction of sp³-hybridized carbons (Fsp3) is 0.533. The molecule has 2 atom stereocenters. The molecule has 1 heterocycles. The third-order valence-corrected chi connectivity index (χ3v) is 3.91. The number of amides is 1. The second kappa shape index (κ2) is 6.24. The molecule has 0 spiro atoms. The topological polar surface area (TPSA) is 61.6 Å². The number of nitrogens with two attached hydrogens (primary N) is 1. The average Bonchev–Trinajstić information content (AvgIpc) is 2.38. The number of nitrogens with one attached hydrogen (secondary N) is 1. The van der Waals surface area contributed by atoms with Crippen molar-refractivity contribution in [2.45, 2.75) is 25.9 Å². The van der Waals surface area contributed by atoms with E-state index >= 15 is 0 Å². The quantitative estimate of drug-likeness (QED) is 0.815. The summed E-state index contributed by atoms with van der Waals surface area (Å²) in [6.45, 7) is 7.04. The van der Waals surface area contributed by atoms with E-state index in [0.717, 1.165) is 25.3 Å². The Morgan fingerprint density at radius 3 is 2.85 bits per heavy atom. The second-order valence-corrected chi connectivity index (χ2v) is 5.64. The zero-order chi connectivity index (χ0) is 14.7. The molecular formula is C15H24N4O. The molecule has 0 radical (unpaired) electrons. The predicted octanol–water partition coefficient (Wildman–Crippen LogP) is 1.23. The Bertz CT molecular complexity index is 477. The molecule has 2 rings (SSSR count). The van der Waals surface area contributed by atoms with Gasteiger partial charge in [0, 0.05) is 37.1 Å². The van der Waals surface area contributed by atoms with Gasteiger partial charge in [-0.25, -0.2) is 0 Å². The van der Waals surface area contributed by atoms with Crippen LogP contribution >= 0.6 is 0 Å². The van der Waals surface area contributed by atoms with E-state index in [2.05, 4.69) is 29.1 Å². The van der Waals surface area contributed by atoms with E-state index in [4.69, 9.17) is 5.73 Å². The molecule has 5 nitrogen and oxygen atoms in total. The molecule has 0 saturated carbocycles. The van der Waals surface area contributed by atoms with E-state index in [0.29, 0.717) is 11.7 Å². The van der Waals surface area contributed by atoms with Crippen LogP contribution in [0.1, 0.15) is 13.8 Å². The van der Waals surface area contributed by atoms with Gasteiger partial charge in [0.25, 0.3) is 0 Å². The van der Waals surface area contributed by atoms with Crippen molar-refractivity contribution < 1.29 is 4.79 Å². The molecule has 1 aromatic carbocycles. The first kappa shape index (κ1) is 14.8. The van der Waals surface area contributed by atoms with E-state index in [1.807, 2.05) is 25.1 Å². The number of benzene rings is 1. The maximum atomic E-state index is 12.3. The number of hydrogen-bond acceptors (Lipinski definition) is 4. The van der Waals surface area contributed by atoms with Crippen LogP contribution in [0.3, 0.4) is 0 Å². The lowest BCUT2D eigenvalue weighted by Crippen LogP contribution is -2.56. The van der Waals surface area contributed by atoms with E-state index in [9.17, 15) is 4.79 Å². The highest BCUT2D eigenvalue weighted by Gasteiger charge is 2.29. The van der Waals surface area contributed by atoms with Crippen LogP contribution < -0.4 is 11.1 Å². The molecule has 1 saturated heterocycles. The van der Waals surface area contributed by atoms with Crippen molar-refractivity contribution in [3.63, 3.8) is 0 Å². The molecule has 0 aromatic heterocycles. The van der Waals surface area contributed by atoms with Crippen LogP contribution in [-0.2, 0) is 4.79 Å². The van der Waals surface area contributed by atoms with Crippen molar-refractivity contribution in [1.29, 1.82) is 0 Å². The number of rotatable bonds is 3. The van der Waals surface area contributed by atoms with Crippen LogP contribution in [0.5, 0.6) is 0 Å². The van der Waals surface area contributed by atoms with Gasteiger partial charge in [0.15, 0.2) is 0 Å². The third kappa shape index (κ3) is 3.49. The number of piperazine rings is 1. The van der Waals surface area contributed by atoms with Crippen molar-refractivity contribution in [3.05, 3.63) is 24.3 Å². The second-order valence-electron chi connectivity index (χ2n) is 5.64. The molecule has 20 heavy (non-hydrogen) atoms. The molecule has 1 aromatic rings. The van der Waals surface area contributed by atoms with E-state index in [1.165, 1.54) is 0 Å². The SMILES string of the molecule is CC1CN(C)CCN1C(C)C(=O)Nc1cccc(N)c1. The maximum absolute atomic E-state index is 12.3. The summed E-state index contributed by atoms with van der Waals surface area (Å²) in [6, 6.07) is 7.53. The Kier molecular flexibility index (Phi) is 4.62. The highest BCUT2D eigenvalue weighted by atomic mass is 16.2.